The summed E-state index contributed by atoms with van der Waals surface area (Å²) in [6.07, 6.45) is 9.33. The zero-order valence-electron chi connectivity index (χ0n) is 10.6. The maximum Gasteiger partial charge on any atom is 0.182 e. The van der Waals surface area contributed by atoms with Gasteiger partial charge in [0.15, 0.2) is 11.6 Å². The van der Waals surface area contributed by atoms with Crippen molar-refractivity contribution in [3.8, 4) is 0 Å². The van der Waals surface area contributed by atoms with E-state index in [9.17, 15) is 9.59 Å². The van der Waals surface area contributed by atoms with Crippen molar-refractivity contribution in [1.29, 1.82) is 0 Å². The Labute approximate surface area is 139 Å². The van der Waals surface area contributed by atoms with E-state index in [1.54, 1.807) is 0 Å². The van der Waals surface area contributed by atoms with Crippen LogP contribution in [-0.4, -0.2) is 26.6 Å². The molecule has 0 spiro atoms. The number of alkyl halides is 3. The first-order valence-electron chi connectivity index (χ1n) is 6.35. The van der Waals surface area contributed by atoms with Gasteiger partial charge in [0, 0.05) is 20.6 Å². The highest BCUT2D eigenvalue weighted by molar-refractivity contribution is 9.12. The van der Waals surface area contributed by atoms with Crippen LogP contribution in [0.2, 0.25) is 0 Å². The molecule has 2 nitrogen and oxygen atoms in total. The molecule has 0 aliphatic heterocycles. The standard InChI is InChI=1S/C14H17Br3O2/c15-7-3-1-2-4-12(16)13(17)9-10-8-11(18)5-6-14(10)19/h5-6,8,12-13H,1-4,7,9H2. The fraction of sp³-hybridized carbons (Fsp3) is 0.571. The Morgan fingerprint density at radius 2 is 1.74 bits per heavy atom. The fourth-order valence-electron chi connectivity index (χ4n) is 1.84. The number of carbonyl (C=O) groups excluding carboxylic acids is 2. The van der Waals surface area contributed by atoms with Crippen LogP contribution in [0, 0.1) is 0 Å². The van der Waals surface area contributed by atoms with E-state index in [2.05, 4.69) is 47.8 Å². The third kappa shape index (κ3) is 6.50. The predicted octanol–water partition coefficient (Wildman–Crippen LogP) is 4.49. The minimum atomic E-state index is -0.0993. The van der Waals surface area contributed by atoms with Gasteiger partial charge in [-0.15, -0.1) is 0 Å². The summed E-state index contributed by atoms with van der Waals surface area (Å²) >= 11 is 10.7. The molecule has 0 heterocycles. The highest BCUT2D eigenvalue weighted by Crippen LogP contribution is 2.27. The van der Waals surface area contributed by atoms with E-state index in [1.807, 2.05) is 0 Å². The highest BCUT2D eigenvalue weighted by atomic mass is 79.9. The molecule has 0 fully saturated rings. The maximum atomic E-state index is 11.6. The molecule has 0 saturated carbocycles. The van der Waals surface area contributed by atoms with Crippen LogP contribution in [0.15, 0.2) is 23.8 Å². The Hall–Kier alpha value is 0.260. The summed E-state index contributed by atoms with van der Waals surface area (Å²) in [5.41, 5.74) is 0.597. The second-order valence-electron chi connectivity index (χ2n) is 4.54. The molecule has 5 heteroatoms. The molecule has 0 radical (unpaired) electrons. The van der Waals surface area contributed by atoms with Gasteiger partial charge in [0.05, 0.1) is 0 Å². The third-order valence-corrected chi connectivity index (χ3v) is 6.28. The number of halogens is 3. The maximum absolute atomic E-state index is 11.6. The summed E-state index contributed by atoms with van der Waals surface area (Å²) in [4.78, 5) is 23.4. The van der Waals surface area contributed by atoms with Crippen LogP contribution in [0.5, 0.6) is 0 Å². The van der Waals surface area contributed by atoms with Gasteiger partial charge < -0.3 is 0 Å². The third-order valence-electron chi connectivity index (χ3n) is 2.95. The number of rotatable bonds is 8. The van der Waals surface area contributed by atoms with Gasteiger partial charge in [-0.05, 0) is 37.5 Å². The van der Waals surface area contributed by atoms with Crippen LogP contribution in [0.4, 0.5) is 0 Å². The molecular formula is C14H17Br3O2. The van der Waals surface area contributed by atoms with Crippen molar-refractivity contribution in [2.24, 2.45) is 0 Å². The zero-order chi connectivity index (χ0) is 14.3. The fourth-order valence-corrected chi connectivity index (χ4v) is 3.37. The van der Waals surface area contributed by atoms with Gasteiger partial charge in [-0.25, -0.2) is 0 Å². The molecule has 0 bridgehead atoms. The van der Waals surface area contributed by atoms with Crippen molar-refractivity contribution in [2.45, 2.75) is 41.8 Å². The van der Waals surface area contributed by atoms with Crippen LogP contribution < -0.4 is 0 Å². The molecule has 106 valence electrons. The first kappa shape index (κ1) is 17.3. The number of unbranched alkanes of at least 4 members (excludes halogenated alkanes) is 2. The Morgan fingerprint density at radius 1 is 1.00 bits per heavy atom. The smallest absolute Gasteiger partial charge is 0.182 e. The summed E-state index contributed by atoms with van der Waals surface area (Å²) in [7, 11) is 0. The highest BCUT2D eigenvalue weighted by Gasteiger charge is 2.21. The van der Waals surface area contributed by atoms with Crippen molar-refractivity contribution >= 4 is 59.4 Å². The molecule has 2 atom stereocenters. The Balaban J connectivity index is 2.39. The summed E-state index contributed by atoms with van der Waals surface area (Å²) in [5, 5.41) is 1.05. The molecule has 1 rings (SSSR count). The first-order valence-corrected chi connectivity index (χ1v) is 9.31. The number of allylic oxidation sites excluding steroid dienone is 4. The molecule has 0 N–H and O–H groups in total. The first-order chi connectivity index (χ1) is 9.04. The van der Waals surface area contributed by atoms with Gasteiger partial charge in [0.2, 0.25) is 0 Å². The predicted molar refractivity (Wildman–Crippen MR) is 89.5 cm³/mol. The lowest BCUT2D eigenvalue weighted by Crippen LogP contribution is -2.18. The van der Waals surface area contributed by atoms with Crippen LogP contribution in [0.25, 0.3) is 0 Å². The van der Waals surface area contributed by atoms with Gasteiger partial charge in [-0.1, -0.05) is 60.6 Å². The van der Waals surface area contributed by atoms with Crippen molar-refractivity contribution in [1.82, 2.24) is 0 Å². The molecule has 1 aliphatic carbocycles. The molecule has 2 unspecified atom stereocenters. The number of ketones is 2. The van der Waals surface area contributed by atoms with E-state index >= 15 is 0 Å². The van der Waals surface area contributed by atoms with Gasteiger partial charge in [-0.2, -0.15) is 0 Å². The van der Waals surface area contributed by atoms with E-state index in [4.69, 9.17) is 0 Å². The lowest BCUT2D eigenvalue weighted by atomic mass is 9.97. The molecule has 0 aromatic carbocycles. The van der Waals surface area contributed by atoms with Crippen LogP contribution in [0.1, 0.15) is 32.1 Å². The van der Waals surface area contributed by atoms with Gasteiger partial charge in [-0.3, -0.25) is 9.59 Å². The van der Waals surface area contributed by atoms with Crippen LogP contribution in [-0.2, 0) is 9.59 Å². The van der Waals surface area contributed by atoms with E-state index < -0.39 is 0 Å². The largest absolute Gasteiger partial charge is 0.290 e. The normalized spacial score (nSPS) is 18.4. The average molecular weight is 457 g/mol. The van der Waals surface area contributed by atoms with E-state index in [-0.39, 0.29) is 16.4 Å². The van der Waals surface area contributed by atoms with Crippen molar-refractivity contribution in [3.05, 3.63) is 23.8 Å². The topological polar surface area (TPSA) is 34.1 Å². The van der Waals surface area contributed by atoms with Crippen molar-refractivity contribution in [3.63, 3.8) is 0 Å². The quantitative estimate of drug-likeness (QED) is 0.306. The summed E-state index contributed by atoms with van der Waals surface area (Å²) < 4.78 is 0. The molecule has 0 aromatic heterocycles. The Kier molecular flexibility index (Phi) is 8.42. The molecule has 1 aliphatic rings. The Morgan fingerprint density at radius 3 is 2.42 bits per heavy atom. The minimum absolute atomic E-state index is 0.0527. The zero-order valence-corrected chi connectivity index (χ0v) is 15.3. The second-order valence-corrected chi connectivity index (χ2v) is 7.69. The molecule has 0 saturated heterocycles. The minimum Gasteiger partial charge on any atom is -0.290 e. The summed E-state index contributed by atoms with van der Waals surface area (Å²) in [6.45, 7) is 0. The SMILES string of the molecule is O=C1C=CC(=O)C(CC(Br)C(Br)CCCCCBr)=C1. The van der Waals surface area contributed by atoms with E-state index in [0.29, 0.717) is 16.8 Å². The van der Waals surface area contributed by atoms with Crippen LogP contribution >= 0.6 is 47.8 Å². The summed E-state index contributed by atoms with van der Waals surface area (Å²) in [5.74, 6) is -0.152. The average Bonchev–Trinajstić information content (AvgIpc) is 2.38. The van der Waals surface area contributed by atoms with Crippen molar-refractivity contribution in [2.75, 3.05) is 5.33 Å². The van der Waals surface area contributed by atoms with Gasteiger partial charge in [0.1, 0.15) is 0 Å². The molecular weight excluding hydrogens is 440 g/mol. The molecule has 19 heavy (non-hydrogen) atoms. The Bertz CT molecular complexity index is 388. The van der Waals surface area contributed by atoms with E-state index in [1.165, 1.54) is 31.1 Å². The number of hydrogen-bond acceptors (Lipinski definition) is 2. The monoisotopic (exact) mass is 454 g/mol. The summed E-state index contributed by atoms with van der Waals surface area (Å²) in [6, 6.07) is 0. The molecule has 0 amide bonds. The number of carbonyl (C=O) groups is 2. The number of hydrogen-bond donors (Lipinski definition) is 0. The van der Waals surface area contributed by atoms with Gasteiger partial charge >= 0.3 is 0 Å². The lowest BCUT2D eigenvalue weighted by Gasteiger charge is -2.18. The van der Waals surface area contributed by atoms with Crippen LogP contribution in [0.3, 0.4) is 0 Å². The van der Waals surface area contributed by atoms with Crippen molar-refractivity contribution < 1.29 is 9.59 Å². The van der Waals surface area contributed by atoms with Gasteiger partial charge in [0.25, 0.3) is 0 Å². The molecule has 0 aromatic rings. The second kappa shape index (κ2) is 9.24. The lowest BCUT2D eigenvalue weighted by molar-refractivity contribution is -0.114. The van der Waals surface area contributed by atoms with E-state index in [0.717, 1.165) is 18.2 Å².